The molecule has 3 N–H and O–H groups in total. The second-order valence-corrected chi connectivity index (χ2v) is 7.25. The van der Waals surface area contributed by atoms with E-state index in [0.717, 1.165) is 29.6 Å². The average molecular weight is 364 g/mol. The van der Waals surface area contributed by atoms with Crippen molar-refractivity contribution >= 4 is 16.8 Å². The monoisotopic (exact) mass is 364 g/mol. The Morgan fingerprint density at radius 2 is 2.07 bits per heavy atom. The Kier molecular flexibility index (Phi) is 4.79. The smallest absolute Gasteiger partial charge is 0.254 e. The summed E-state index contributed by atoms with van der Waals surface area (Å²) in [6.07, 6.45) is 5.53. The van der Waals surface area contributed by atoms with E-state index in [1.165, 1.54) is 10.9 Å². The van der Waals surface area contributed by atoms with Crippen molar-refractivity contribution in [3.8, 4) is 0 Å². The molecule has 1 amide bonds. The number of para-hydroxylation sites is 1. The summed E-state index contributed by atoms with van der Waals surface area (Å²) in [4.78, 5) is 35.2. The molecule has 0 fully saturated rings. The van der Waals surface area contributed by atoms with Crippen molar-refractivity contribution in [2.45, 2.75) is 39.0 Å². The number of nitrogens with one attached hydrogen (secondary N) is 3. The number of carbonyl (C=O) groups excluding carboxylic acids is 1. The number of hydrogen-bond donors (Lipinski definition) is 3. The first-order chi connectivity index (χ1) is 13.1. The maximum Gasteiger partial charge on any atom is 0.254 e. The summed E-state index contributed by atoms with van der Waals surface area (Å²) in [5.41, 5.74) is 3.87. The number of aryl methyl sites for hydroxylation is 2. The highest BCUT2D eigenvalue weighted by Gasteiger charge is 2.24. The van der Waals surface area contributed by atoms with Gasteiger partial charge in [0, 0.05) is 35.1 Å². The van der Waals surface area contributed by atoms with Crippen LogP contribution >= 0.6 is 0 Å². The van der Waals surface area contributed by atoms with Crippen molar-refractivity contribution in [1.29, 1.82) is 0 Å². The standard InChI is InChI=1S/C21H24N4O2/c1-13-24-19-9-7-14(6-8-17(19)21(27)25-13)20(26)22-11-10-15-12-23-18-5-3-2-4-16(15)18/h2-5,12,14,23H,6-11H2,1H3,(H,22,26)(H,24,25,27). The zero-order chi connectivity index (χ0) is 18.8. The minimum atomic E-state index is -0.0677. The van der Waals surface area contributed by atoms with Gasteiger partial charge in [0.05, 0.1) is 5.69 Å². The Balaban J connectivity index is 1.35. The molecular weight excluding hydrogens is 340 g/mol. The molecule has 0 radical (unpaired) electrons. The van der Waals surface area contributed by atoms with Gasteiger partial charge in [0.1, 0.15) is 5.82 Å². The van der Waals surface area contributed by atoms with Gasteiger partial charge in [-0.25, -0.2) is 4.98 Å². The van der Waals surface area contributed by atoms with Crippen LogP contribution in [0.3, 0.4) is 0 Å². The zero-order valence-corrected chi connectivity index (χ0v) is 15.5. The molecule has 1 aliphatic carbocycles. The number of aromatic amines is 2. The second-order valence-electron chi connectivity index (χ2n) is 7.25. The molecule has 1 aliphatic rings. The first-order valence-corrected chi connectivity index (χ1v) is 9.53. The first-order valence-electron chi connectivity index (χ1n) is 9.53. The summed E-state index contributed by atoms with van der Waals surface area (Å²) < 4.78 is 0. The minimum Gasteiger partial charge on any atom is -0.361 e. The Bertz CT molecular complexity index is 1030. The minimum absolute atomic E-state index is 0.0575. The number of carbonyl (C=O) groups is 1. The lowest BCUT2D eigenvalue weighted by Gasteiger charge is -2.13. The molecule has 3 aromatic rings. The summed E-state index contributed by atoms with van der Waals surface area (Å²) >= 11 is 0. The number of H-pyrrole nitrogens is 2. The molecule has 0 aliphatic heterocycles. The van der Waals surface area contributed by atoms with Gasteiger partial charge in [-0.1, -0.05) is 18.2 Å². The Labute approximate surface area is 157 Å². The first kappa shape index (κ1) is 17.5. The van der Waals surface area contributed by atoms with E-state index in [2.05, 4.69) is 32.4 Å². The van der Waals surface area contributed by atoms with Gasteiger partial charge < -0.3 is 15.3 Å². The van der Waals surface area contributed by atoms with Gasteiger partial charge in [0.2, 0.25) is 5.91 Å². The molecule has 6 heteroatoms. The fraction of sp³-hybridized carbons (Fsp3) is 0.381. The zero-order valence-electron chi connectivity index (χ0n) is 15.5. The van der Waals surface area contributed by atoms with Crippen molar-refractivity contribution in [3.05, 3.63) is 63.5 Å². The Morgan fingerprint density at radius 3 is 2.96 bits per heavy atom. The number of benzene rings is 1. The van der Waals surface area contributed by atoms with Gasteiger partial charge in [-0.3, -0.25) is 9.59 Å². The van der Waals surface area contributed by atoms with E-state index in [-0.39, 0.29) is 17.4 Å². The molecule has 0 saturated carbocycles. The molecule has 1 aromatic carbocycles. The van der Waals surface area contributed by atoms with Gasteiger partial charge in [-0.15, -0.1) is 0 Å². The molecule has 2 heterocycles. The predicted molar refractivity (Wildman–Crippen MR) is 105 cm³/mol. The quantitative estimate of drug-likeness (QED) is 0.621. The van der Waals surface area contributed by atoms with Crippen LogP contribution in [0.15, 0.2) is 35.3 Å². The molecule has 6 nitrogen and oxygen atoms in total. The van der Waals surface area contributed by atoms with Crippen molar-refractivity contribution in [3.63, 3.8) is 0 Å². The number of amides is 1. The number of hydrogen-bond acceptors (Lipinski definition) is 3. The number of aromatic nitrogens is 3. The molecule has 1 unspecified atom stereocenters. The van der Waals surface area contributed by atoms with E-state index in [9.17, 15) is 9.59 Å². The van der Waals surface area contributed by atoms with Gasteiger partial charge in [0.15, 0.2) is 0 Å². The lowest BCUT2D eigenvalue weighted by atomic mass is 9.98. The van der Waals surface area contributed by atoms with E-state index in [4.69, 9.17) is 0 Å². The normalized spacial score (nSPS) is 16.7. The number of nitrogens with zero attached hydrogens (tertiary/aromatic N) is 1. The van der Waals surface area contributed by atoms with Crippen molar-refractivity contribution in [2.75, 3.05) is 6.54 Å². The average Bonchev–Trinajstić information content (AvgIpc) is 2.93. The third-order valence-electron chi connectivity index (χ3n) is 5.43. The van der Waals surface area contributed by atoms with Crippen molar-refractivity contribution in [1.82, 2.24) is 20.3 Å². The van der Waals surface area contributed by atoms with Crippen LogP contribution in [0, 0.1) is 12.8 Å². The summed E-state index contributed by atoms with van der Waals surface area (Å²) in [6, 6.07) is 8.19. The third-order valence-corrected chi connectivity index (χ3v) is 5.43. The number of rotatable bonds is 4. The summed E-state index contributed by atoms with van der Waals surface area (Å²) in [6.45, 7) is 2.41. The Morgan fingerprint density at radius 1 is 1.26 bits per heavy atom. The lowest BCUT2D eigenvalue weighted by molar-refractivity contribution is -0.125. The van der Waals surface area contributed by atoms with E-state index in [1.54, 1.807) is 6.92 Å². The largest absolute Gasteiger partial charge is 0.361 e. The van der Waals surface area contributed by atoms with Crippen LogP contribution in [0.25, 0.3) is 10.9 Å². The SMILES string of the molecule is Cc1nc2c(c(=O)[nH]1)CCC(C(=O)NCCc1c[nH]c3ccccc13)CC2. The van der Waals surface area contributed by atoms with Gasteiger partial charge in [-0.05, 0) is 50.7 Å². The molecule has 2 aromatic heterocycles. The van der Waals surface area contributed by atoms with E-state index in [0.29, 0.717) is 31.6 Å². The molecule has 27 heavy (non-hydrogen) atoms. The summed E-state index contributed by atoms with van der Waals surface area (Å²) in [7, 11) is 0. The second kappa shape index (κ2) is 7.39. The van der Waals surface area contributed by atoms with Crippen LogP contribution in [-0.4, -0.2) is 27.4 Å². The fourth-order valence-electron chi connectivity index (χ4n) is 3.97. The summed E-state index contributed by atoms with van der Waals surface area (Å²) in [5.74, 6) is 0.651. The molecular formula is C21H24N4O2. The maximum atomic E-state index is 12.6. The molecule has 1 atom stereocenters. The van der Waals surface area contributed by atoms with Gasteiger partial charge >= 0.3 is 0 Å². The van der Waals surface area contributed by atoms with Crippen LogP contribution in [-0.2, 0) is 24.1 Å². The molecule has 140 valence electrons. The third kappa shape index (κ3) is 3.65. The fourth-order valence-corrected chi connectivity index (χ4v) is 3.97. The highest BCUT2D eigenvalue weighted by Crippen LogP contribution is 2.22. The van der Waals surface area contributed by atoms with Crippen LogP contribution in [0.2, 0.25) is 0 Å². The van der Waals surface area contributed by atoms with Crippen molar-refractivity contribution in [2.24, 2.45) is 5.92 Å². The van der Waals surface area contributed by atoms with E-state index >= 15 is 0 Å². The van der Waals surface area contributed by atoms with Gasteiger partial charge in [-0.2, -0.15) is 0 Å². The van der Waals surface area contributed by atoms with Gasteiger partial charge in [0.25, 0.3) is 5.56 Å². The highest BCUT2D eigenvalue weighted by molar-refractivity contribution is 5.83. The summed E-state index contributed by atoms with van der Waals surface area (Å²) in [5, 5.41) is 4.28. The van der Waals surface area contributed by atoms with Crippen molar-refractivity contribution < 1.29 is 4.79 Å². The predicted octanol–water partition coefficient (Wildman–Crippen LogP) is 2.41. The molecule has 0 bridgehead atoms. The Hall–Kier alpha value is -2.89. The van der Waals surface area contributed by atoms with Crippen LogP contribution < -0.4 is 10.9 Å². The van der Waals surface area contributed by atoms with E-state index in [1.807, 2.05) is 18.3 Å². The topological polar surface area (TPSA) is 90.6 Å². The highest BCUT2D eigenvalue weighted by atomic mass is 16.2. The van der Waals surface area contributed by atoms with E-state index < -0.39 is 0 Å². The lowest BCUT2D eigenvalue weighted by Crippen LogP contribution is -2.32. The molecule has 0 saturated heterocycles. The van der Waals surface area contributed by atoms with Crippen LogP contribution in [0.1, 0.15) is 35.5 Å². The van der Waals surface area contributed by atoms with Crippen LogP contribution in [0.4, 0.5) is 0 Å². The number of fused-ring (bicyclic) bond motifs is 2. The maximum absolute atomic E-state index is 12.6. The molecule has 0 spiro atoms. The molecule has 4 rings (SSSR count). The van der Waals surface area contributed by atoms with Crippen LogP contribution in [0.5, 0.6) is 0 Å².